The van der Waals surface area contributed by atoms with Gasteiger partial charge in [0.1, 0.15) is 12.1 Å². The van der Waals surface area contributed by atoms with Crippen molar-refractivity contribution in [2.24, 2.45) is 5.73 Å². The number of carboxylic acid groups (broad SMARTS) is 1. The van der Waals surface area contributed by atoms with Crippen LogP contribution in [0.1, 0.15) is 25.7 Å². The van der Waals surface area contributed by atoms with Crippen LogP contribution in [0, 0.1) is 0 Å². The lowest BCUT2D eigenvalue weighted by molar-refractivity contribution is -0.148. The molecule has 0 aliphatic carbocycles. The summed E-state index contributed by atoms with van der Waals surface area (Å²) in [5.74, 6) is -0.956. The highest BCUT2D eigenvalue weighted by Gasteiger charge is 2.34. The van der Waals surface area contributed by atoms with Crippen LogP contribution in [0.5, 0.6) is 0 Å². The van der Waals surface area contributed by atoms with Crippen LogP contribution >= 0.6 is 23.5 Å². The number of carbonyl (C=O) groups is 4. The first kappa shape index (κ1) is 24.6. The maximum absolute atomic E-state index is 12.5. The van der Waals surface area contributed by atoms with Crippen molar-refractivity contribution in [3.63, 3.8) is 0 Å². The monoisotopic (exact) mass is 434 g/mol. The van der Waals surface area contributed by atoms with Crippen LogP contribution in [-0.2, 0) is 19.2 Å². The van der Waals surface area contributed by atoms with E-state index in [0.717, 1.165) is 5.75 Å². The lowest BCUT2D eigenvalue weighted by atomic mass is 10.1. The summed E-state index contributed by atoms with van der Waals surface area (Å²) in [6, 6.07) is -2.33. The Balaban J connectivity index is 2.60. The van der Waals surface area contributed by atoms with Crippen molar-refractivity contribution in [2.45, 2.75) is 43.8 Å². The number of nitrogens with two attached hydrogens (primary N) is 1. The Morgan fingerprint density at radius 3 is 2.39 bits per heavy atom. The van der Waals surface area contributed by atoms with Crippen molar-refractivity contribution < 1.29 is 24.3 Å². The quantitative estimate of drug-likeness (QED) is 0.322. The van der Waals surface area contributed by atoms with Gasteiger partial charge in [0.05, 0.1) is 12.6 Å². The summed E-state index contributed by atoms with van der Waals surface area (Å²) < 4.78 is 0. The summed E-state index contributed by atoms with van der Waals surface area (Å²) in [7, 11) is 0. The van der Waals surface area contributed by atoms with Gasteiger partial charge < -0.3 is 26.4 Å². The van der Waals surface area contributed by atoms with E-state index >= 15 is 0 Å². The van der Waals surface area contributed by atoms with Gasteiger partial charge in [-0.2, -0.15) is 23.5 Å². The van der Waals surface area contributed by atoms with E-state index in [9.17, 15) is 19.2 Å². The number of likely N-dealkylation sites (tertiary alicyclic amines) is 1. The summed E-state index contributed by atoms with van der Waals surface area (Å²) >= 11 is 3.12. The summed E-state index contributed by atoms with van der Waals surface area (Å²) in [6.45, 7) is 0.0649. The zero-order valence-corrected chi connectivity index (χ0v) is 17.9. The minimum absolute atomic E-state index is 0.299. The van der Waals surface area contributed by atoms with Crippen LogP contribution in [-0.4, -0.2) is 88.9 Å². The van der Waals surface area contributed by atoms with Crippen LogP contribution in [0.4, 0.5) is 0 Å². The molecule has 1 rings (SSSR count). The summed E-state index contributed by atoms with van der Waals surface area (Å²) in [6.07, 6.45) is 5.76. The van der Waals surface area contributed by atoms with Crippen LogP contribution in [0.2, 0.25) is 0 Å². The van der Waals surface area contributed by atoms with Crippen molar-refractivity contribution in [2.75, 3.05) is 37.1 Å². The molecule has 1 aliphatic rings. The second kappa shape index (κ2) is 12.9. The molecule has 0 aromatic heterocycles. The molecule has 0 radical (unpaired) electrons. The first-order valence-electron chi connectivity index (χ1n) is 9.15. The highest BCUT2D eigenvalue weighted by Crippen LogP contribution is 2.17. The Kier molecular flexibility index (Phi) is 11.3. The SMILES string of the molecule is CSCCC(N)C(=O)NC(CCSC)C(=O)NCC(=O)N1CCCC1C(=O)O. The topological polar surface area (TPSA) is 142 Å². The van der Waals surface area contributed by atoms with Crippen molar-refractivity contribution in [1.82, 2.24) is 15.5 Å². The molecule has 0 aromatic rings. The lowest BCUT2D eigenvalue weighted by Crippen LogP contribution is -2.53. The number of hydrogen-bond acceptors (Lipinski definition) is 7. The standard InChI is InChI=1S/C17H30N4O5S2/c1-27-8-5-11(18)15(23)20-12(6-9-28-2)16(24)19-10-14(22)21-7-3-4-13(21)17(25)26/h11-13H,3-10,18H2,1-2H3,(H,19,24)(H,20,23)(H,25,26). The third-order valence-electron chi connectivity index (χ3n) is 4.49. The van der Waals surface area contributed by atoms with Crippen LogP contribution in [0.25, 0.3) is 0 Å². The van der Waals surface area contributed by atoms with Crippen molar-refractivity contribution in [3.05, 3.63) is 0 Å². The number of aliphatic carboxylic acids is 1. The summed E-state index contributed by atoms with van der Waals surface area (Å²) in [5.41, 5.74) is 5.85. The second-order valence-corrected chi connectivity index (χ2v) is 8.50. The Morgan fingerprint density at radius 1 is 1.14 bits per heavy atom. The third kappa shape index (κ3) is 7.88. The van der Waals surface area contributed by atoms with Gasteiger partial charge >= 0.3 is 5.97 Å². The van der Waals surface area contributed by atoms with Gasteiger partial charge in [0.25, 0.3) is 0 Å². The molecule has 28 heavy (non-hydrogen) atoms. The molecular weight excluding hydrogens is 404 g/mol. The van der Waals surface area contributed by atoms with Gasteiger partial charge in [-0.15, -0.1) is 0 Å². The van der Waals surface area contributed by atoms with Crippen molar-refractivity contribution in [3.8, 4) is 0 Å². The van der Waals surface area contributed by atoms with E-state index in [1.807, 2.05) is 12.5 Å². The van der Waals surface area contributed by atoms with E-state index in [4.69, 9.17) is 10.8 Å². The van der Waals surface area contributed by atoms with Gasteiger partial charge in [0.15, 0.2) is 0 Å². The molecule has 11 heteroatoms. The average molecular weight is 435 g/mol. The highest BCUT2D eigenvalue weighted by molar-refractivity contribution is 7.98. The Labute approximate surface area is 173 Å². The number of amides is 3. The third-order valence-corrected chi connectivity index (χ3v) is 5.77. The Bertz CT molecular complexity index is 564. The van der Waals surface area contributed by atoms with Gasteiger partial charge in [-0.05, 0) is 49.7 Å². The van der Waals surface area contributed by atoms with Crippen LogP contribution in [0.15, 0.2) is 0 Å². The van der Waals surface area contributed by atoms with Gasteiger partial charge in [-0.1, -0.05) is 0 Å². The maximum atomic E-state index is 12.5. The van der Waals surface area contributed by atoms with E-state index in [1.165, 1.54) is 16.7 Å². The number of carbonyl (C=O) groups excluding carboxylic acids is 3. The van der Waals surface area contributed by atoms with E-state index in [2.05, 4.69) is 10.6 Å². The molecule has 0 spiro atoms. The second-order valence-electron chi connectivity index (χ2n) is 6.53. The Morgan fingerprint density at radius 2 is 1.79 bits per heavy atom. The smallest absolute Gasteiger partial charge is 0.326 e. The first-order chi connectivity index (χ1) is 13.3. The molecule has 1 fully saturated rings. The number of nitrogens with one attached hydrogen (secondary N) is 2. The van der Waals surface area contributed by atoms with Gasteiger partial charge in [-0.3, -0.25) is 14.4 Å². The van der Waals surface area contributed by atoms with E-state index in [-0.39, 0.29) is 6.54 Å². The number of hydrogen-bond donors (Lipinski definition) is 4. The van der Waals surface area contributed by atoms with E-state index in [1.54, 1.807) is 11.8 Å². The van der Waals surface area contributed by atoms with Gasteiger partial charge in [-0.25, -0.2) is 4.79 Å². The number of nitrogens with zero attached hydrogens (tertiary/aromatic N) is 1. The molecular formula is C17H30N4O5S2. The van der Waals surface area contributed by atoms with Gasteiger partial charge in [0.2, 0.25) is 17.7 Å². The fourth-order valence-corrected chi connectivity index (χ4v) is 3.83. The zero-order valence-electron chi connectivity index (χ0n) is 16.3. The summed E-state index contributed by atoms with van der Waals surface area (Å²) in [4.78, 5) is 49.5. The molecule has 5 N–H and O–H groups in total. The molecule has 0 bridgehead atoms. The number of carboxylic acids is 1. The normalized spacial score (nSPS) is 18.4. The van der Waals surface area contributed by atoms with Crippen molar-refractivity contribution >= 4 is 47.2 Å². The lowest BCUT2D eigenvalue weighted by Gasteiger charge is -2.23. The van der Waals surface area contributed by atoms with Crippen LogP contribution in [0.3, 0.4) is 0 Å². The molecule has 1 heterocycles. The van der Waals surface area contributed by atoms with Crippen molar-refractivity contribution in [1.29, 1.82) is 0 Å². The molecule has 160 valence electrons. The molecule has 1 saturated heterocycles. The minimum Gasteiger partial charge on any atom is -0.480 e. The number of rotatable bonds is 12. The minimum atomic E-state index is -1.04. The van der Waals surface area contributed by atoms with E-state index < -0.39 is 41.8 Å². The molecule has 3 atom stereocenters. The average Bonchev–Trinajstić information content (AvgIpc) is 3.17. The van der Waals surface area contributed by atoms with Gasteiger partial charge in [0, 0.05) is 6.54 Å². The first-order valence-corrected chi connectivity index (χ1v) is 11.9. The molecule has 3 unspecified atom stereocenters. The number of thioether (sulfide) groups is 2. The molecule has 0 aromatic carbocycles. The molecule has 9 nitrogen and oxygen atoms in total. The predicted octanol–water partition coefficient (Wildman–Crippen LogP) is -0.503. The van der Waals surface area contributed by atoms with E-state index in [0.29, 0.717) is 38.0 Å². The summed E-state index contributed by atoms with van der Waals surface area (Å²) in [5, 5.41) is 14.3. The fourth-order valence-electron chi connectivity index (χ4n) is 2.87. The Hall–Kier alpha value is -1.46. The maximum Gasteiger partial charge on any atom is 0.326 e. The predicted molar refractivity (Wildman–Crippen MR) is 111 cm³/mol. The molecule has 0 saturated carbocycles. The fraction of sp³-hybridized carbons (Fsp3) is 0.765. The molecule has 3 amide bonds. The van der Waals surface area contributed by atoms with Crippen LogP contribution < -0.4 is 16.4 Å². The largest absolute Gasteiger partial charge is 0.480 e. The zero-order chi connectivity index (χ0) is 21.1. The molecule has 1 aliphatic heterocycles. The highest BCUT2D eigenvalue weighted by atomic mass is 32.2.